The Kier molecular flexibility index (Phi) is 5.44. The molecule has 1 atom stereocenters. The van der Waals surface area contributed by atoms with Gasteiger partial charge in [-0.25, -0.2) is 12.8 Å². The largest absolute Gasteiger partial charge is 0.480 e. The minimum atomic E-state index is -4.56. The van der Waals surface area contributed by atoms with Crippen LogP contribution in [0, 0.1) is 21.8 Å². The predicted octanol–water partition coefficient (Wildman–Crippen LogP) is 1.77. The molecule has 11 heteroatoms. The first-order valence-electron chi connectivity index (χ1n) is 5.86. The van der Waals surface area contributed by atoms with E-state index < -0.39 is 54.3 Å². The van der Waals surface area contributed by atoms with Gasteiger partial charge in [-0.1, -0.05) is 25.4 Å². The van der Waals surface area contributed by atoms with Gasteiger partial charge >= 0.3 is 5.97 Å². The molecule has 0 spiro atoms. The fraction of sp³-hybridized carbons (Fsp3) is 0.364. The van der Waals surface area contributed by atoms with E-state index in [1.807, 2.05) is 4.72 Å². The van der Waals surface area contributed by atoms with E-state index in [0.29, 0.717) is 12.1 Å². The standard InChI is InChI=1S/C11H12ClFN2O6S/c1-5(2)10(11(16)17)14-22(20,21)9-3-6(12)8(15(18)19)4-7(9)13/h3-5,10,14H,1-2H3,(H,16,17)/t10-/m0/s1. The molecule has 22 heavy (non-hydrogen) atoms. The molecule has 0 saturated carbocycles. The number of aliphatic carboxylic acids is 1. The van der Waals surface area contributed by atoms with Crippen molar-refractivity contribution in [2.75, 3.05) is 0 Å². The molecule has 1 aromatic carbocycles. The van der Waals surface area contributed by atoms with Gasteiger partial charge in [-0.05, 0) is 12.0 Å². The van der Waals surface area contributed by atoms with Gasteiger partial charge in [-0.3, -0.25) is 14.9 Å². The molecule has 8 nitrogen and oxygen atoms in total. The average Bonchev–Trinajstić information content (AvgIpc) is 2.37. The summed E-state index contributed by atoms with van der Waals surface area (Å²) in [6.45, 7) is 2.92. The molecule has 1 rings (SSSR count). The summed E-state index contributed by atoms with van der Waals surface area (Å²) in [4.78, 5) is 19.7. The van der Waals surface area contributed by atoms with Crippen LogP contribution in [0.2, 0.25) is 5.02 Å². The van der Waals surface area contributed by atoms with Gasteiger partial charge in [-0.15, -0.1) is 0 Å². The number of halogens is 2. The number of nitro groups is 1. The molecule has 1 aromatic rings. The average molecular weight is 355 g/mol. The lowest BCUT2D eigenvalue weighted by atomic mass is 10.1. The number of nitro benzene ring substituents is 1. The summed E-state index contributed by atoms with van der Waals surface area (Å²) in [5, 5.41) is 19.0. The van der Waals surface area contributed by atoms with Crippen molar-refractivity contribution in [3.63, 3.8) is 0 Å². The maximum absolute atomic E-state index is 13.8. The second kappa shape index (κ2) is 6.55. The molecule has 0 bridgehead atoms. The second-order valence-electron chi connectivity index (χ2n) is 4.67. The molecule has 2 N–H and O–H groups in total. The van der Waals surface area contributed by atoms with Crippen LogP contribution in [0.5, 0.6) is 0 Å². The van der Waals surface area contributed by atoms with Gasteiger partial charge in [0, 0.05) is 0 Å². The van der Waals surface area contributed by atoms with Crippen LogP contribution in [-0.4, -0.2) is 30.5 Å². The lowest BCUT2D eigenvalue weighted by Crippen LogP contribution is -2.44. The fourth-order valence-corrected chi connectivity index (χ4v) is 3.29. The lowest BCUT2D eigenvalue weighted by Gasteiger charge is -2.18. The number of carbonyl (C=O) groups is 1. The fourth-order valence-electron chi connectivity index (χ4n) is 1.57. The third-order valence-corrected chi connectivity index (χ3v) is 4.46. The number of nitrogens with one attached hydrogen (secondary N) is 1. The predicted molar refractivity (Wildman–Crippen MR) is 74.6 cm³/mol. The van der Waals surface area contributed by atoms with Crippen molar-refractivity contribution >= 4 is 33.3 Å². The van der Waals surface area contributed by atoms with Crippen LogP contribution in [0.3, 0.4) is 0 Å². The van der Waals surface area contributed by atoms with E-state index in [9.17, 15) is 27.7 Å². The minimum Gasteiger partial charge on any atom is -0.480 e. The molecule has 0 aliphatic rings. The maximum atomic E-state index is 13.8. The number of hydrogen-bond donors (Lipinski definition) is 2. The van der Waals surface area contributed by atoms with E-state index in [1.54, 1.807) is 0 Å². The van der Waals surface area contributed by atoms with Crippen LogP contribution < -0.4 is 4.72 Å². The quantitative estimate of drug-likeness (QED) is 0.592. The Morgan fingerprint density at radius 3 is 2.41 bits per heavy atom. The molecule has 122 valence electrons. The third kappa shape index (κ3) is 3.90. The van der Waals surface area contributed by atoms with Crippen LogP contribution >= 0.6 is 11.6 Å². The van der Waals surface area contributed by atoms with Crippen molar-refractivity contribution in [2.45, 2.75) is 24.8 Å². The molecule has 0 radical (unpaired) electrons. The van der Waals surface area contributed by atoms with Crippen LogP contribution in [0.1, 0.15) is 13.8 Å². The number of rotatable bonds is 6. The second-order valence-corrected chi connectivity index (χ2v) is 6.76. The zero-order valence-electron chi connectivity index (χ0n) is 11.4. The Hall–Kier alpha value is -1.78. The molecular weight excluding hydrogens is 343 g/mol. The van der Waals surface area contributed by atoms with E-state index >= 15 is 0 Å². The van der Waals surface area contributed by atoms with Gasteiger partial charge in [0.15, 0.2) is 0 Å². The highest BCUT2D eigenvalue weighted by Crippen LogP contribution is 2.29. The molecule has 0 aliphatic carbocycles. The van der Waals surface area contributed by atoms with Crippen LogP contribution in [-0.2, 0) is 14.8 Å². The molecule has 0 heterocycles. The number of sulfonamides is 1. The molecular formula is C11H12ClFN2O6S. The van der Waals surface area contributed by atoms with Gasteiger partial charge in [0.1, 0.15) is 21.8 Å². The van der Waals surface area contributed by atoms with Gasteiger partial charge < -0.3 is 5.11 Å². The summed E-state index contributed by atoms with van der Waals surface area (Å²) in [6, 6.07) is -0.558. The van der Waals surface area contributed by atoms with E-state index in [4.69, 9.17) is 16.7 Å². The Labute approximate surface area is 130 Å². The lowest BCUT2D eigenvalue weighted by molar-refractivity contribution is -0.384. The monoisotopic (exact) mass is 354 g/mol. The van der Waals surface area contributed by atoms with E-state index in [1.165, 1.54) is 13.8 Å². The van der Waals surface area contributed by atoms with Gasteiger partial charge in [0.2, 0.25) is 10.0 Å². The normalized spacial score (nSPS) is 13.1. The SMILES string of the molecule is CC(C)[C@H](NS(=O)(=O)c1cc(Cl)c([N+](=O)[O-])cc1F)C(=O)O. The summed E-state index contributed by atoms with van der Waals surface area (Å²) in [5.41, 5.74) is -0.795. The number of carboxylic acid groups (broad SMARTS) is 1. The topological polar surface area (TPSA) is 127 Å². The Balaban J connectivity index is 3.32. The highest BCUT2D eigenvalue weighted by atomic mass is 35.5. The van der Waals surface area contributed by atoms with Crippen LogP contribution in [0.15, 0.2) is 17.0 Å². The molecule has 0 fully saturated rings. The smallest absolute Gasteiger partial charge is 0.322 e. The van der Waals surface area contributed by atoms with Crippen molar-refractivity contribution in [2.24, 2.45) is 5.92 Å². The van der Waals surface area contributed by atoms with Crippen molar-refractivity contribution in [1.82, 2.24) is 4.72 Å². The maximum Gasteiger partial charge on any atom is 0.322 e. The van der Waals surface area contributed by atoms with E-state index in [0.717, 1.165) is 0 Å². The van der Waals surface area contributed by atoms with Crippen LogP contribution in [0.4, 0.5) is 10.1 Å². The summed E-state index contributed by atoms with van der Waals surface area (Å²) in [7, 11) is -4.56. The van der Waals surface area contributed by atoms with Crippen molar-refractivity contribution in [3.05, 3.63) is 33.1 Å². The third-order valence-electron chi connectivity index (χ3n) is 2.70. The Bertz CT molecular complexity index is 722. The van der Waals surface area contributed by atoms with Crippen molar-refractivity contribution in [1.29, 1.82) is 0 Å². The number of carboxylic acids is 1. The summed E-state index contributed by atoms with van der Waals surface area (Å²) < 4.78 is 39.8. The van der Waals surface area contributed by atoms with E-state index in [-0.39, 0.29) is 0 Å². The van der Waals surface area contributed by atoms with Gasteiger partial charge in [0.25, 0.3) is 5.69 Å². The number of hydrogen-bond acceptors (Lipinski definition) is 5. The van der Waals surface area contributed by atoms with Crippen molar-refractivity contribution < 1.29 is 27.6 Å². The summed E-state index contributed by atoms with van der Waals surface area (Å²) in [5.74, 6) is -3.45. The molecule has 0 aromatic heterocycles. The molecule has 0 amide bonds. The number of nitrogens with zero attached hydrogens (tertiary/aromatic N) is 1. The van der Waals surface area contributed by atoms with Crippen LogP contribution in [0.25, 0.3) is 0 Å². The zero-order chi connectivity index (χ0) is 17.2. The highest BCUT2D eigenvalue weighted by Gasteiger charge is 2.31. The molecule has 0 aliphatic heterocycles. The van der Waals surface area contributed by atoms with E-state index in [2.05, 4.69) is 0 Å². The zero-order valence-corrected chi connectivity index (χ0v) is 13.0. The first-order chi connectivity index (χ1) is 9.97. The Morgan fingerprint density at radius 2 is 2.00 bits per heavy atom. The summed E-state index contributed by atoms with van der Waals surface area (Å²) >= 11 is 5.55. The number of benzene rings is 1. The molecule has 0 saturated heterocycles. The first-order valence-corrected chi connectivity index (χ1v) is 7.72. The summed E-state index contributed by atoms with van der Waals surface area (Å²) in [6.07, 6.45) is 0. The van der Waals surface area contributed by atoms with Gasteiger partial charge in [-0.2, -0.15) is 4.72 Å². The Morgan fingerprint density at radius 1 is 1.45 bits per heavy atom. The minimum absolute atomic E-state index is 0.363. The molecule has 0 unspecified atom stereocenters. The highest BCUT2D eigenvalue weighted by molar-refractivity contribution is 7.89. The van der Waals surface area contributed by atoms with Gasteiger partial charge in [0.05, 0.1) is 11.0 Å². The van der Waals surface area contributed by atoms with Crippen molar-refractivity contribution in [3.8, 4) is 0 Å². The first kappa shape index (κ1) is 18.3.